The van der Waals surface area contributed by atoms with Crippen LogP contribution in [0.25, 0.3) is 0 Å². The fourth-order valence-corrected chi connectivity index (χ4v) is 4.15. The molecule has 2 rings (SSSR count). The lowest BCUT2D eigenvalue weighted by Crippen LogP contribution is -2.40. The lowest BCUT2D eigenvalue weighted by atomic mass is 10.2. The first-order valence-electron chi connectivity index (χ1n) is 5.92. The number of aryl methyl sites for hydroxylation is 1. The minimum Gasteiger partial charge on any atom is -0.480 e. The second kappa shape index (κ2) is 5.44. The second-order valence-corrected chi connectivity index (χ2v) is 7.47. The average molecular weight is 364 g/mol. The molecule has 0 bridgehead atoms. The number of aliphatic carboxylic acids is 1. The molecule has 1 aliphatic heterocycles. The number of halogens is 1. The highest BCUT2D eigenvalue weighted by molar-refractivity contribution is 9.10. The first-order valence-corrected chi connectivity index (χ1v) is 8.15. The van der Waals surface area contributed by atoms with Gasteiger partial charge in [0.2, 0.25) is 10.0 Å². The summed E-state index contributed by atoms with van der Waals surface area (Å²) in [6.07, 6.45) is -1.05. The molecular formula is C12H14BrNO5S. The molecule has 1 aromatic rings. The standard InChI is InChI=1S/C12H14BrNO5S/c1-7-4-9(2-3-10(7)13)20(18,19)14-6-8(15)5-11(14)12(16)17/h2-4,8,11,15H,5-6H2,1H3,(H,16,17). The minimum atomic E-state index is -3.93. The summed E-state index contributed by atoms with van der Waals surface area (Å²) in [6, 6.07) is 3.27. The molecule has 0 saturated carbocycles. The second-order valence-electron chi connectivity index (χ2n) is 4.73. The third kappa shape index (κ3) is 2.73. The van der Waals surface area contributed by atoms with Crippen LogP contribution in [0.1, 0.15) is 12.0 Å². The van der Waals surface area contributed by atoms with Crippen LogP contribution in [-0.4, -0.2) is 47.6 Å². The molecule has 1 aliphatic rings. The van der Waals surface area contributed by atoms with Gasteiger partial charge < -0.3 is 10.2 Å². The van der Waals surface area contributed by atoms with Crippen molar-refractivity contribution in [3.63, 3.8) is 0 Å². The van der Waals surface area contributed by atoms with Crippen molar-refractivity contribution in [3.8, 4) is 0 Å². The van der Waals surface area contributed by atoms with E-state index in [2.05, 4.69) is 15.9 Å². The third-order valence-corrected chi connectivity index (χ3v) is 6.02. The summed E-state index contributed by atoms with van der Waals surface area (Å²) in [5.41, 5.74) is 0.734. The number of sulfonamides is 1. The number of β-amino-alcohol motifs (C(OH)–C–C–N with tert-alkyl or cyclic N) is 1. The predicted octanol–water partition coefficient (Wildman–Crippen LogP) is 0.966. The summed E-state index contributed by atoms with van der Waals surface area (Å²) < 4.78 is 26.6. The summed E-state index contributed by atoms with van der Waals surface area (Å²) in [4.78, 5) is 11.2. The van der Waals surface area contributed by atoms with Crippen LogP contribution in [0.2, 0.25) is 0 Å². The van der Waals surface area contributed by atoms with Gasteiger partial charge in [0, 0.05) is 17.4 Å². The Bertz CT molecular complexity index is 645. The fraction of sp³-hybridized carbons (Fsp3) is 0.417. The van der Waals surface area contributed by atoms with Crippen LogP contribution < -0.4 is 0 Å². The van der Waals surface area contributed by atoms with E-state index < -0.39 is 28.1 Å². The highest BCUT2D eigenvalue weighted by Gasteiger charge is 2.43. The van der Waals surface area contributed by atoms with Crippen LogP contribution in [0.5, 0.6) is 0 Å². The van der Waals surface area contributed by atoms with E-state index in [0.29, 0.717) is 0 Å². The number of benzene rings is 1. The van der Waals surface area contributed by atoms with Gasteiger partial charge in [0.05, 0.1) is 11.0 Å². The average Bonchev–Trinajstić information content (AvgIpc) is 2.75. The molecule has 1 fully saturated rings. The Hall–Kier alpha value is -0.960. The molecule has 0 spiro atoms. The first-order chi connectivity index (χ1) is 9.23. The molecule has 1 aromatic carbocycles. The Labute approximate surface area is 125 Å². The lowest BCUT2D eigenvalue weighted by Gasteiger charge is -2.21. The van der Waals surface area contributed by atoms with Crippen LogP contribution >= 0.6 is 15.9 Å². The normalized spacial score (nSPS) is 23.9. The number of carboxylic acids is 1. The third-order valence-electron chi connectivity index (χ3n) is 3.25. The molecule has 1 saturated heterocycles. The molecule has 0 radical (unpaired) electrons. The summed E-state index contributed by atoms with van der Waals surface area (Å²) in [7, 11) is -3.93. The van der Waals surface area contributed by atoms with Crippen LogP contribution in [0.4, 0.5) is 0 Å². The van der Waals surface area contributed by atoms with Crippen molar-refractivity contribution >= 4 is 31.9 Å². The van der Waals surface area contributed by atoms with Crippen LogP contribution in [0.15, 0.2) is 27.6 Å². The lowest BCUT2D eigenvalue weighted by molar-refractivity contribution is -0.140. The topological polar surface area (TPSA) is 94.9 Å². The summed E-state index contributed by atoms with van der Waals surface area (Å²) >= 11 is 3.28. The van der Waals surface area contributed by atoms with E-state index in [1.807, 2.05) is 0 Å². The molecule has 2 atom stereocenters. The van der Waals surface area contributed by atoms with Gasteiger partial charge in [-0.05, 0) is 30.7 Å². The van der Waals surface area contributed by atoms with Crippen molar-refractivity contribution < 1.29 is 23.4 Å². The van der Waals surface area contributed by atoms with Gasteiger partial charge in [0.1, 0.15) is 6.04 Å². The quantitative estimate of drug-likeness (QED) is 0.833. The van der Waals surface area contributed by atoms with Crippen molar-refractivity contribution in [2.24, 2.45) is 0 Å². The predicted molar refractivity (Wildman–Crippen MR) is 74.8 cm³/mol. The van der Waals surface area contributed by atoms with Gasteiger partial charge in [-0.2, -0.15) is 4.31 Å². The number of hydrogen-bond acceptors (Lipinski definition) is 4. The first kappa shape index (κ1) is 15.4. The highest BCUT2D eigenvalue weighted by Crippen LogP contribution is 2.28. The minimum absolute atomic E-state index is 0.0264. The number of aliphatic hydroxyl groups excluding tert-OH is 1. The zero-order valence-corrected chi connectivity index (χ0v) is 13.1. The summed E-state index contributed by atoms with van der Waals surface area (Å²) in [5.74, 6) is -1.25. The largest absolute Gasteiger partial charge is 0.480 e. The Kier molecular flexibility index (Phi) is 4.19. The van der Waals surface area contributed by atoms with Gasteiger partial charge >= 0.3 is 5.97 Å². The highest BCUT2D eigenvalue weighted by atomic mass is 79.9. The maximum absolute atomic E-state index is 12.5. The number of aliphatic hydroxyl groups is 1. The van der Waals surface area contributed by atoms with Crippen LogP contribution in [0.3, 0.4) is 0 Å². The molecule has 110 valence electrons. The van der Waals surface area contributed by atoms with Crippen molar-refractivity contribution in [3.05, 3.63) is 28.2 Å². The molecule has 2 unspecified atom stereocenters. The fourth-order valence-electron chi connectivity index (χ4n) is 2.19. The Balaban J connectivity index is 2.43. The zero-order valence-electron chi connectivity index (χ0n) is 10.7. The molecule has 1 heterocycles. The van der Waals surface area contributed by atoms with Crippen molar-refractivity contribution in [2.45, 2.75) is 30.4 Å². The maximum atomic E-state index is 12.5. The number of nitrogens with zero attached hydrogens (tertiary/aromatic N) is 1. The number of carbonyl (C=O) groups is 1. The molecule has 2 N–H and O–H groups in total. The Morgan fingerprint density at radius 1 is 1.45 bits per heavy atom. The number of rotatable bonds is 3. The van der Waals surface area contributed by atoms with Gasteiger partial charge in [-0.3, -0.25) is 4.79 Å². The van der Waals surface area contributed by atoms with E-state index in [0.717, 1.165) is 14.3 Å². The molecule has 20 heavy (non-hydrogen) atoms. The summed E-state index contributed by atoms with van der Waals surface area (Å²) in [5, 5.41) is 18.6. The molecule has 0 aliphatic carbocycles. The SMILES string of the molecule is Cc1cc(S(=O)(=O)N2CC(O)CC2C(=O)O)ccc1Br. The van der Waals surface area contributed by atoms with Crippen molar-refractivity contribution in [2.75, 3.05) is 6.54 Å². The van der Waals surface area contributed by atoms with E-state index in [9.17, 15) is 18.3 Å². The zero-order chi connectivity index (χ0) is 15.1. The van der Waals surface area contributed by atoms with Gasteiger partial charge in [0.15, 0.2) is 0 Å². The van der Waals surface area contributed by atoms with Crippen LogP contribution in [-0.2, 0) is 14.8 Å². The van der Waals surface area contributed by atoms with Gasteiger partial charge in [-0.15, -0.1) is 0 Å². The number of hydrogen-bond donors (Lipinski definition) is 2. The molecular weight excluding hydrogens is 350 g/mol. The van der Waals surface area contributed by atoms with Crippen molar-refractivity contribution in [1.82, 2.24) is 4.31 Å². The van der Waals surface area contributed by atoms with E-state index >= 15 is 0 Å². The number of carboxylic acid groups (broad SMARTS) is 1. The smallest absolute Gasteiger partial charge is 0.322 e. The molecule has 8 heteroatoms. The van der Waals surface area contributed by atoms with Crippen molar-refractivity contribution in [1.29, 1.82) is 0 Å². The van der Waals surface area contributed by atoms with Gasteiger partial charge in [-0.25, -0.2) is 8.42 Å². The van der Waals surface area contributed by atoms with E-state index in [4.69, 9.17) is 5.11 Å². The molecule has 6 nitrogen and oxygen atoms in total. The maximum Gasteiger partial charge on any atom is 0.322 e. The van der Waals surface area contributed by atoms with Crippen LogP contribution in [0, 0.1) is 6.92 Å². The molecule has 0 amide bonds. The van der Waals surface area contributed by atoms with Gasteiger partial charge in [0.25, 0.3) is 0 Å². The van der Waals surface area contributed by atoms with E-state index in [1.54, 1.807) is 13.0 Å². The monoisotopic (exact) mass is 363 g/mol. The summed E-state index contributed by atoms with van der Waals surface area (Å²) in [6.45, 7) is 1.55. The molecule has 0 aromatic heterocycles. The Morgan fingerprint density at radius 3 is 2.65 bits per heavy atom. The van der Waals surface area contributed by atoms with E-state index in [-0.39, 0.29) is 17.9 Å². The van der Waals surface area contributed by atoms with Gasteiger partial charge in [-0.1, -0.05) is 15.9 Å². The Morgan fingerprint density at radius 2 is 2.10 bits per heavy atom. The van der Waals surface area contributed by atoms with E-state index in [1.165, 1.54) is 12.1 Å².